The lowest BCUT2D eigenvalue weighted by Crippen LogP contribution is -2.26. The first-order valence-corrected chi connectivity index (χ1v) is 8.26. The number of rotatable bonds is 2. The summed E-state index contributed by atoms with van der Waals surface area (Å²) in [5.41, 5.74) is 4.46. The molecule has 1 saturated carbocycles. The van der Waals surface area contributed by atoms with Crippen molar-refractivity contribution >= 4 is 21.8 Å². The zero-order valence-corrected chi connectivity index (χ0v) is 13.4. The minimum atomic E-state index is -0.158. The minimum absolute atomic E-state index is 0.158. The molecule has 120 valence electrons. The summed E-state index contributed by atoms with van der Waals surface area (Å²) >= 11 is 0. The van der Waals surface area contributed by atoms with Gasteiger partial charge in [-0.05, 0) is 41.3 Å². The Labute approximate surface area is 139 Å². The first-order chi connectivity index (χ1) is 11.7. The zero-order valence-electron chi connectivity index (χ0n) is 13.4. The van der Waals surface area contributed by atoms with E-state index in [1.807, 2.05) is 30.3 Å². The Morgan fingerprint density at radius 3 is 2.83 bits per heavy atom. The SMILES string of the molecule is Cn1cc(-c2ccc3cnc4[nH]cc(C5CC(O)C5)c4c3c2)cn1. The number of H-pyrrole nitrogens is 1. The number of hydrogen-bond donors (Lipinski definition) is 2. The fourth-order valence-electron chi connectivity index (χ4n) is 3.75. The number of nitrogens with zero attached hydrogens (tertiary/aromatic N) is 3. The van der Waals surface area contributed by atoms with Crippen molar-refractivity contribution in [3.05, 3.63) is 48.5 Å². The fraction of sp³-hybridized carbons (Fsp3) is 0.263. The summed E-state index contributed by atoms with van der Waals surface area (Å²) in [6.45, 7) is 0. The van der Waals surface area contributed by atoms with E-state index in [2.05, 4.69) is 39.5 Å². The van der Waals surface area contributed by atoms with Crippen LogP contribution in [0.5, 0.6) is 0 Å². The normalized spacial score (nSPS) is 20.6. The second kappa shape index (κ2) is 4.92. The molecule has 2 N–H and O–H groups in total. The molecule has 3 aromatic heterocycles. The monoisotopic (exact) mass is 318 g/mol. The van der Waals surface area contributed by atoms with Gasteiger partial charge in [-0.2, -0.15) is 5.10 Å². The lowest BCUT2D eigenvalue weighted by Gasteiger charge is -2.31. The average Bonchev–Trinajstić information content (AvgIpc) is 3.17. The molecule has 0 amide bonds. The van der Waals surface area contributed by atoms with E-state index in [0.29, 0.717) is 5.92 Å². The van der Waals surface area contributed by atoms with Gasteiger partial charge in [0.2, 0.25) is 0 Å². The van der Waals surface area contributed by atoms with Crippen molar-refractivity contribution in [1.29, 1.82) is 0 Å². The van der Waals surface area contributed by atoms with E-state index in [9.17, 15) is 5.11 Å². The van der Waals surface area contributed by atoms with Crippen molar-refractivity contribution < 1.29 is 5.11 Å². The average molecular weight is 318 g/mol. The van der Waals surface area contributed by atoms with Crippen LogP contribution in [0.1, 0.15) is 24.3 Å². The van der Waals surface area contributed by atoms with Crippen LogP contribution in [-0.4, -0.2) is 31.0 Å². The standard InChI is InChI=1S/C19H18N4O/c1-23-10-14(8-22-23)11-2-3-12-7-20-19-18(16(12)6-11)17(9-21-19)13-4-15(24)5-13/h2-3,6-10,13,15,24H,4-5H2,1H3,(H,20,21). The van der Waals surface area contributed by atoms with E-state index in [1.165, 1.54) is 16.3 Å². The Bertz CT molecular complexity index is 1060. The van der Waals surface area contributed by atoms with Gasteiger partial charge in [-0.1, -0.05) is 12.1 Å². The zero-order chi connectivity index (χ0) is 16.3. The highest BCUT2D eigenvalue weighted by atomic mass is 16.3. The van der Waals surface area contributed by atoms with Crippen molar-refractivity contribution in [3.63, 3.8) is 0 Å². The maximum atomic E-state index is 9.66. The van der Waals surface area contributed by atoms with Gasteiger partial charge in [-0.3, -0.25) is 4.68 Å². The summed E-state index contributed by atoms with van der Waals surface area (Å²) in [6, 6.07) is 6.46. The van der Waals surface area contributed by atoms with E-state index >= 15 is 0 Å². The number of fused-ring (bicyclic) bond motifs is 3. The molecule has 0 spiro atoms. The quantitative estimate of drug-likeness (QED) is 0.595. The highest BCUT2D eigenvalue weighted by Crippen LogP contribution is 2.42. The molecule has 5 heteroatoms. The highest BCUT2D eigenvalue weighted by molar-refractivity contribution is 6.08. The molecular formula is C19H18N4O. The van der Waals surface area contributed by atoms with Gasteiger partial charge in [-0.25, -0.2) is 4.98 Å². The van der Waals surface area contributed by atoms with E-state index < -0.39 is 0 Å². The van der Waals surface area contributed by atoms with Crippen LogP contribution >= 0.6 is 0 Å². The van der Waals surface area contributed by atoms with Crippen LogP contribution < -0.4 is 0 Å². The van der Waals surface area contributed by atoms with E-state index in [-0.39, 0.29) is 6.10 Å². The first-order valence-electron chi connectivity index (χ1n) is 8.26. The summed E-state index contributed by atoms with van der Waals surface area (Å²) < 4.78 is 1.82. The Morgan fingerprint density at radius 1 is 1.21 bits per heavy atom. The van der Waals surface area contributed by atoms with Gasteiger partial charge in [0.1, 0.15) is 5.65 Å². The predicted octanol–water partition coefficient (Wildman–Crippen LogP) is 3.35. The lowest BCUT2D eigenvalue weighted by molar-refractivity contribution is 0.0751. The molecule has 5 nitrogen and oxygen atoms in total. The van der Waals surface area contributed by atoms with Crippen molar-refractivity contribution in [2.75, 3.05) is 0 Å². The molecule has 1 aliphatic rings. The van der Waals surface area contributed by atoms with Gasteiger partial charge in [-0.15, -0.1) is 0 Å². The van der Waals surface area contributed by atoms with Crippen molar-refractivity contribution in [2.24, 2.45) is 7.05 Å². The van der Waals surface area contributed by atoms with Crippen LogP contribution in [0, 0.1) is 0 Å². The molecule has 24 heavy (non-hydrogen) atoms. The van der Waals surface area contributed by atoms with Gasteiger partial charge in [0.15, 0.2) is 0 Å². The number of pyridine rings is 1. The molecule has 0 bridgehead atoms. The van der Waals surface area contributed by atoms with Gasteiger partial charge < -0.3 is 10.1 Å². The molecule has 0 aliphatic heterocycles. The number of aliphatic hydroxyl groups is 1. The molecule has 0 atom stereocenters. The Hall–Kier alpha value is -2.66. The number of nitrogens with one attached hydrogen (secondary N) is 1. The van der Waals surface area contributed by atoms with Crippen LogP contribution in [0.15, 0.2) is 43.0 Å². The molecule has 1 aliphatic carbocycles. The van der Waals surface area contributed by atoms with E-state index in [4.69, 9.17) is 0 Å². The van der Waals surface area contributed by atoms with E-state index in [1.54, 1.807) is 0 Å². The third kappa shape index (κ3) is 1.98. The highest BCUT2D eigenvalue weighted by Gasteiger charge is 2.30. The second-order valence-electron chi connectivity index (χ2n) is 6.75. The number of aryl methyl sites for hydroxylation is 1. The predicted molar refractivity (Wildman–Crippen MR) is 93.8 cm³/mol. The summed E-state index contributed by atoms with van der Waals surface area (Å²) in [5.74, 6) is 0.420. The molecule has 5 rings (SSSR count). The first kappa shape index (κ1) is 13.7. The molecule has 0 radical (unpaired) electrons. The van der Waals surface area contributed by atoms with E-state index in [0.717, 1.165) is 35.0 Å². The molecule has 3 heterocycles. The topological polar surface area (TPSA) is 66.7 Å². The lowest BCUT2D eigenvalue weighted by atomic mass is 9.77. The van der Waals surface area contributed by atoms with Crippen LogP contribution in [0.2, 0.25) is 0 Å². The fourth-order valence-corrected chi connectivity index (χ4v) is 3.75. The third-order valence-electron chi connectivity index (χ3n) is 5.14. The van der Waals surface area contributed by atoms with Crippen molar-refractivity contribution in [2.45, 2.75) is 24.9 Å². The van der Waals surface area contributed by atoms with Gasteiger partial charge in [0.25, 0.3) is 0 Å². The van der Waals surface area contributed by atoms with Gasteiger partial charge in [0, 0.05) is 42.0 Å². The summed E-state index contributed by atoms with van der Waals surface area (Å²) in [4.78, 5) is 7.86. The van der Waals surface area contributed by atoms with Crippen molar-refractivity contribution in [1.82, 2.24) is 19.7 Å². The molecule has 4 aromatic rings. The summed E-state index contributed by atoms with van der Waals surface area (Å²) in [6.07, 6.45) is 9.41. The largest absolute Gasteiger partial charge is 0.393 e. The number of benzene rings is 1. The van der Waals surface area contributed by atoms with Crippen molar-refractivity contribution in [3.8, 4) is 11.1 Å². The molecule has 1 aromatic carbocycles. The number of aliphatic hydroxyl groups excluding tert-OH is 1. The maximum absolute atomic E-state index is 9.66. The maximum Gasteiger partial charge on any atom is 0.138 e. The number of aromatic amines is 1. The van der Waals surface area contributed by atoms with Gasteiger partial charge in [0.05, 0.1) is 12.3 Å². The number of hydrogen-bond acceptors (Lipinski definition) is 3. The van der Waals surface area contributed by atoms with Crippen LogP contribution in [0.25, 0.3) is 32.9 Å². The summed E-state index contributed by atoms with van der Waals surface area (Å²) in [7, 11) is 1.93. The van der Waals surface area contributed by atoms with Crippen LogP contribution in [-0.2, 0) is 7.05 Å². The molecular weight excluding hydrogens is 300 g/mol. The minimum Gasteiger partial charge on any atom is -0.393 e. The Kier molecular flexibility index (Phi) is 2.82. The molecule has 0 saturated heterocycles. The smallest absolute Gasteiger partial charge is 0.138 e. The van der Waals surface area contributed by atoms with Gasteiger partial charge >= 0.3 is 0 Å². The van der Waals surface area contributed by atoms with Crippen LogP contribution in [0.3, 0.4) is 0 Å². The Balaban J connectivity index is 1.74. The van der Waals surface area contributed by atoms with Crippen LogP contribution in [0.4, 0.5) is 0 Å². The third-order valence-corrected chi connectivity index (χ3v) is 5.14. The number of aromatic nitrogens is 4. The molecule has 1 fully saturated rings. The summed E-state index contributed by atoms with van der Waals surface area (Å²) in [5, 5.41) is 17.5. The Morgan fingerprint density at radius 2 is 2.08 bits per heavy atom. The second-order valence-corrected chi connectivity index (χ2v) is 6.75. The molecule has 0 unspecified atom stereocenters.